The van der Waals surface area contributed by atoms with Gasteiger partial charge in [-0.3, -0.25) is 14.4 Å². The number of likely N-dealkylation sites (tertiary alicyclic amines) is 1. The lowest BCUT2D eigenvalue weighted by Crippen LogP contribution is -2.43. The van der Waals surface area contributed by atoms with Crippen LogP contribution in [-0.2, 0) is 22.7 Å². The molecule has 1 aromatic carbocycles. The second-order valence-corrected chi connectivity index (χ2v) is 8.67. The number of aromatic nitrogens is 1. The van der Waals surface area contributed by atoms with Crippen molar-refractivity contribution in [2.24, 2.45) is 0 Å². The minimum atomic E-state index is -0.199. The van der Waals surface area contributed by atoms with E-state index in [0.717, 1.165) is 30.5 Å². The number of rotatable bonds is 7. The lowest BCUT2D eigenvalue weighted by atomic mass is 10.0. The van der Waals surface area contributed by atoms with Crippen molar-refractivity contribution in [1.82, 2.24) is 20.1 Å². The van der Waals surface area contributed by atoms with E-state index in [-0.39, 0.29) is 29.8 Å². The normalized spacial score (nSPS) is 18.5. The second kappa shape index (κ2) is 10.2. The van der Waals surface area contributed by atoms with E-state index in [1.165, 1.54) is 6.92 Å². The number of benzene rings is 1. The van der Waals surface area contributed by atoms with E-state index >= 15 is 0 Å². The Balaban J connectivity index is 1.58. The zero-order chi connectivity index (χ0) is 23.4. The van der Waals surface area contributed by atoms with E-state index in [0.29, 0.717) is 44.1 Å². The number of nitrogens with zero attached hydrogens (tertiary/aromatic N) is 2. The number of hydrogen-bond acceptors (Lipinski definition) is 4. The van der Waals surface area contributed by atoms with Gasteiger partial charge in [0.1, 0.15) is 5.69 Å². The number of fused-ring (bicyclic) bond motifs is 1. The molecule has 2 aromatic rings. The Morgan fingerprint density at radius 1 is 1.18 bits per heavy atom. The first kappa shape index (κ1) is 23.0. The maximum Gasteiger partial charge on any atom is 0.270 e. The molecule has 2 aliphatic rings. The van der Waals surface area contributed by atoms with Crippen molar-refractivity contribution in [3.63, 3.8) is 0 Å². The van der Waals surface area contributed by atoms with Crippen LogP contribution in [0.25, 0.3) is 0 Å². The smallest absolute Gasteiger partial charge is 0.270 e. The molecule has 0 radical (unpaired) electrons. The number of nitrogens with one attached hydrogen (secondary N) is 2. The minimum Gasteiger partial charge on any atom is -0.373 e. The zero-order valence-corrected chi connectivity index (χ0v) is 19.3. The van der Waals surface area contributed by atoms with E-state index < -0.39 is 0 Å². The van der Waals surface area contributed by atoms with Crippen LogP contribution in [0.1, 0.15) is 71.3 Å². The molecule has 2 atom stereocenters. The zero-order valence-electron chi connectivity index (χ0n) is 19.3. The third kappa shape index (κ3) is 4.95. The molecular weight excluding hydrogens is 420 g/mol. The summed E-state index contributed by atoms with van der Waals surface area (Å²) in [6.07, 6.45) is 2.51. The highest BCUT2D eigenvalue weighted by atomic mass is 16.5. The average molecular weight is 453 g/mol. The van der Waals surface area contributed by atoms with Gasteiger partial charge in [0.2, 0.25) is 5.91 Å². The first-order chi connectivity index (χ1) is 16.0. The first-order valence-electron chi connectivity index (χ1n) is 11.7. The summed E-state index contributed by atoms with van der Waals surface area (Å²) in [5, 5.41) is 5.96. The Kier molecular flexibility index (Phi) is 7.13. The third-order valence-electron chi connectivity index (χ3n) is 6.51. The molecular formula is C25H32N4O4. The van der Waals surface area contributed by atoms with Crippen LogP contribution < -0.4 is 10.6 Å². The van der Waals surface area contributed by atoms with Gasteiger partial charge in [0.05, 0.1) is 30.5 Å². The van der Waals surface area contributed by atoms with Gasteiger partial charge >= 0.3 is 0 Å². The van der Waals surface area contributed by atoms with Crippen molar-refractivity contribution in [3.8, 4) is 0 Å². The fourth-order valence-electron chi connectivity index (χ4n) is 4.76. The van der Waals surface area contributed by atoms with Gasteiger partial charge in [-0.25, -0.2) is 0 Å². The molecule has 0 saturated carbocycles. The Labute approximate surface area is 194 Å². The van der Waals surface area contributed by atoms with E-state index in [1.807, 2.05) is 46.7 Å². The van der Waals surface area contributed by atoms with E-state index in [2.05, 4.69) is 10.6 Å². The molecule has 8 nitrogen and oxygen atoms in total. The van der Waals surface area contributed by atoms with Crippen molar-refractivity contribution in [2.45, 2.75) is 58.3 Å². The standard InChI is InChI=1S/C25H32N4O4/c1-3-21(18-8-5-4-6-9-18)27-24(31)20-14-22(29-12-13-33-16-23(20)29)25(32)28-11-7-10-19(28)15-26-17(2)30/h4-6,8-9,14,19,21H,3,7,10-13,15-16H2,1-2H3,(H,26,30)(H,27,31). The molecule has 0 bridgehead atoms. The summed E-state index contributed by atoms with van der Waals surface area (Å²) in [6.45, 7) is 5.94. The summed E-state index contributed by atoms with van der Waals surface area (Å²) in [4.78, 5) is 40.0. The summed E-state index contributed by atoms with van der Waals surface area (Å²) in [5.41, 5.74) is 2.79. The van der Waals surface area contributed by atoms with Crippen molar-refractivity contribution in [1.29, 1.82) is 0 Å². The predicted molar refractivity (Wildman–Crippen MR) is 124 cm³/mol. The highest BCUT2D eigenvalue weighted by Crippen LogP contribution is 2.26. The molecule has 2 unspecified atom stereocenters. The molecule has 3 amide bonds. The molecule has 8 heteroatoms. The van der Waals surface area contributed by atoms with Crippen molar-refractivity contribution in [2.75, 3.05) is 19.7 Å². The SMILES string of the molecule is CCC(NC(=O)c1cc(C(=O)N2CCCC2CNC(C)=O)n2c1COCC2)c1ccccc1. The molecule has 2 aliphatic heterocycles. The number of carbonyl (C=O) groups is 3. The van der Waals surface area contributed by atoms with Gasteiger partial charge in [-0.05, 0) is 30.9 Å². The molecule has 1 fully saturated rings. The molecule has 3 heterocycles. The number of amides is 3. The average Bonchev–Trinajstić information content (AvgIpc) is 3.46. The maximum absolute atomic E-state index is 13.5. The number of hydrogen-bond donors (Lipinski definition) is 2. The van der Waals surface area contributed by atoms with Crippen LogP contribution in [0.4, 0.5) is 0 Å². The van der Waals surface area contributed by atoms with Gasteiger partial charge in [-0.15, -0.1) is 0 Å². The third-order valence-corrected chi connectivity index (χ3v) is 6.51. The minimum absolute atomic E-state index is 0.0350. The fourth-order valence-corrected chi connectivity index (χ4v) is 4.76. The predicted octanol–water partition coefficient (Wildman–Crippen LogP) is 2.64. The van der Waals surface area contributed by atoms with E-state index in [1.54, 1.807) is 6.07 Å². The summed E-state index contributed by atoms with van der Waals surface area (Å²) >= 11 is 0. The van der Waals surface area contributed by atoms with E-state index in [4.69, 9.17) is 4.74 Å². The van der Waals surface area contributed by atoms with Crippen LogP contribution in [0, 0.1) is 0 Å². The lowest BCUT2D eigenvalue weighted by molar-refractivity contribution is -0.119. The van der Waals surface area contributed by atoms with Crippen LogP contribution in [0.3, 0.4) is 0 Å². The summed E-state index contributed by atoms with van der Waals surface area (Å²) in [6, 6.07) is 11.5. The highest BCUT2D eigenvalue weighted by molar-refractivity contribution is 6.01. The Morgan fingerprint density at radius 3 is 2.70 bits per heavy atom. The molecule has 1 aromatic heterocycles. The van der Waals surface area contributed by atoms with Crippen LogP contribution >= 0.6 is 0 Å². The van der Waals surface area contributed by atoms with Gasteiger partial charge in [0, 0.05) is 32.6 Å². The quantitative estimate of drug-likeness (QED) is 0.676. The largest absolute Gasteiger partial charge is 0.373 e. The van der Waals surface area contributed by atoms with Crippen LogP contribution in [0.15, 0.2) is 36.4 Å². The second-order valence-electron chi connectivity index (χ2n) is 8.67. The number of ether oxygens (including phenoxy) is 1. The summed E-state index contributed by atoms with van der Waals surface area (Å²) in [7, 11) is 0. The summed E-state index contributed by atoms with van der Waals surface area (Å²) < 4.78 is 7.56. The first-order valence-corrected chi connectivity index (χ1v) is 11.7. The summed E-state index contributed by atoms with van der Waals surface area (Å²) in [5.74, 6) is -0.398. The van der Waals surface area contributed by atoms with Crippen molar-refractivity contribution < 1.29 is 19.1 Å². The van der Waals surface area contributed by atoms with E-state index in [9.17, 15) is 14.4 Å². The molecule has 2 N–H and O–H groups in total. The molecule has 176 valence electrons. The van der Waals surface area contributed by atoms with Crippen molar-refractivity contribution in [3.05, 3.63) is 58.9 Å². The van der Waals surface area contributed by atoms with Gasteiger partial charge in [-0.2, -0.15) is 0 Å². The van der Waals surface area contributed by atoms with Gasteiger partial charge in [-0.1, -0.05) is 37.3 Å². The topological polar surface area (TPSA) is 92.7 Å². The van der Waals surface area contributed by atoms with Gasteiger partial charge < -0.3 is 24.8 Å². The fraction of sp³-hybridized carbons (Fsp3) is 0.480. The Bertz CT molecular complexity index is 1020. The number of carbonyl (C=O) groups excluding carboxylic acids is 3. The lowest BCUT2D eigenvalue weighted by Gasteiger charge is -2.26. The van der Waals surface area contributed by atoms with Crippen LogP contribution in [0.5, 0.6) is 0 Å². The van der Waals surface area contributed by atoms with Gasteiger partial charge in [0.25, 0.3) is 11.8 Å². The maximum atomic E-state index is 13.5. The molecule has 0 aliphatic carbocycles. The molecule has 1 saturated heterocycles. The molecule has 33 heavy (non-hydrogen) atoms. The Morgan fingerprint density at radius 2 is 1.97 bits per heavy atom. The highest BCUT2D eigenvalue weighted by Gasteiger charge is 2.34. The van der Waals surface area contributed by atoms with Crippen LogP contribution in [0.2, 0.25) is 0 Å². The monoisotopic (exact) mass is 452 g/mol. The molecule has 4 rings (SSSR count). The molecule has 0 spiro atoms. The van der Waals surface area contributed by atoms with Crippen LogP contribution in [-0.4, -0.2) is 52.9 Å². The van der Waals surface area contributed by atoms with Gasteiger partial charge in [0.15, 0.2) is 0 Å². The Hall–Kier alpha value is -3.13. The van der Waals surface area contributed by atoms with Crippen molar-refractivity contribution >= 4 is 17.7 Å².